The Labute approximate surface area is 120 Å². The van der Waals surface area contributed by atoms with Gasteiger partial charge in [0, 0.05) is 23.8 Å². The summed E-state index contributed by atoms with van der Waals surface area (Å²) in [6, 6.07) is 0. The van der Waals surface area contributed by atoms with Crippen molar-refractivity contribution in [3.8, 4) is 0 Å². The molecule has 0 aliphatic heterocycles. The van der Waals surface area contributed by atoms with Crippen LogP contribution in [0.25, 0.3) is 10.2 Å². The smallest absolute Gasteiger partial charge is 0.263 e. The van der Waals surface area contributed by atoms with E-state index in [0.717, 1.165) is 31.6 Å². The van der Waals surface area contributed by atoms with Gasteiger partial charge in [0.25, 0.3) is 5.56 Å². The lowest BCUT2D eigenvalue weighted by molar-refractivity contribution is 0.296. The van der Waals surface area contributed by atoms with E-state index in [9.17, 15) is 4.79 Å². The normalized spacial score (nSPS) is 11.4. The minimum atomic E-state index is 0.0563. The predicted molar refractivity (Wildman–Crippen MR) is 81.5 cm³/mol. The van der Waals surface area contributed by atoms with Gasteiger partial charge in [-0.05, 0) is 32.8 Å². The molecule has 0 atom stereocenters. The molecule has 0 aromatic carbocycles. The molecule has 4 nitrogen and oxygen atoms in total. The highest BCUT2D eigenvalue weighted by Crippen LogP contribution is 2.28. The SMILES string of the molecule is CCn1c(SCCCO)nc2sc(C)c(C)c2c1=O. The number of aliphatic hydroxyl groups is 1. The van der Waals surface area contributed by atoms with Crippen molar-refractivity contribution in [2.75, 3.05) is 12.4 Å². The van der Waals surface area contributed by atoms with Crippen LogP contribution in [-0.2, 0) is 6.54 Å². The Morgan fingerprint density at radius 2 is 2.16 bits per heavy atom. The number of aryl methyl sites for hydroxylation is 2. The summed E-state index contributed by atoms with van der Waals surface area (Å²) in [5.74, 6) is 0.776. The first-order chi connectivity index (χ1) is 9.10. The zero-order chi connectivity index (χ0) is 14.0. The molecule has 104 valence electrons. The van der Waals surface area contributed by atoms with E-state index in [2.05, 4.69) is 4.98 Å². The Kier molecular flexibility index (Phi) is 4.65. The number of hydrogen-bond donors (Lipinski definition) is 1. The van der Waals surface area contributed by atoms with Crippen molar-refractivity contribution in [3.05, 3.63) is 20.8 Å². The quantitative estimate of drug-likeness (QED) is 0.524. The highest BCUT2D eigenvalue weighted by molar-refractivity contribution is 7.99. The molecule has 2 aromatic heterocycles. The summed E-state index contributed by atoms with van der Waals surface area (Å²) in [7, 11) is 0. The molecule has 1 N–H and O–H groups in total. The topological polar surface area (TPSA) is 55.1 Å². The van der Waals surface area contributed by atoms with E-state index in [0.29, 0.717) is 13.0 Å². The Morgan fingerprint density at radius 3 is 2.79 bits per heavy atom. The number of fused-ring (bicyclic) bond motifs is 1. The molecule has 0 unspecified atom stereocenters. The molecular formula is C13H18N2O2S2. The molecule has 2 heterocycles. The first-order valence-electron chi connectivity index (χ1n) is 6.34. The molecule has 0 spiro atoms. The number of aromatic nitrogens is 2. The molecule has 0 aliphatic carbocycles. The number of aliphatic hydroxyl groups excluding tert-OH is 1. The van der Waals surface area contributed by atoms with Gasteiger partial charge in [0.1, 0.15) is 4.83 Å². The average molecular weight is 298 g/mol. The molecule has 0 fully saturated rings. The maximum absolute atomic E-state index is 12.5. The third-order valence-electron chi connectivity index (χ3n) is 3.10. The summed E-state index contributed by atoms with van der Waals surface area (Å²) in [5, 5.41) is 10.4. The summed E-state index contributed by atoms with van der Waals surface area (Å²) in [6.07, 6.45) is 0.713. The van der Waals surface area contributed by atoms with Crippen LogP contribution in [0.1, 0.15) is 23.8 Å². The van der Waals surface area contributed by atoms with Crippen molar-refractivity contribution >= 4 is 33.3 Å². The zero-order valence-electron chi connectivity index (χ0n) is 11.4. The molecule has 2 aromatic rings. The molecule has 0 bridgehead atoms. The number of hydrogen-bond acceptors (Lipinski definition) is 5. The van der Waals surface area contributed by atoms with Gasteiger partial charge in [0.15, 0.2) is 5.16 Å². The monoisotopic (exact) mass is 298 g/mol. The third kappa shape index (κ3) is 2.70. The fraction of sp³-hybridized carbons (Fsp3) is 0.538. The van der Waals surface area contributed by atoms with Crippen molar-refractivity contribution < 1.29 is 5.11 Å². The second-order valence-corrected chi connectivity index (χ2v) is 6.60. The van der Waals surface area contributed by atoms with E-state index in [1.54, 1.807) is 15.9 Å². The zero-order valence-corrected chi connectivity index (χ0v) is 13.0. The van der Waals surface area contributed by atoms with Gasteiger partial charge in [-0.2, -0.15) is 0 Å². The first kappa shape index (κ1) is 14.6. The highest BCUT2D eigenvalue weighted by Gasteiger charge is 2.15. The van der Waals surface area contributed by atoms with Crippen LogP contribution < -0.4 is 5.56 Å². The lowest BCUT2D eigenvalue weighted by Crippen LogP contribution is -2.22. The van der Waals surface area contributed by atoms with Crippen molar-refractivity contribution in [1.82, 2.24) is 9.55 Å². The van der Waals surface area contributed by atoms with E-state index in [1.165, 1.54) is 11.8 Å². The Bertz CT molecular complexity index is 646. The molecule has 6 heteroatoms. The van der Waals surface area contributed by atoms with Gasteiger partial charge >= 0.3 is 0 Å². The molecule has 0 saturated heterocycles. The molecule has 0 saturated carbocycles. The van der Waals surface area contributed by atoms with Crippen molar-refractivity contribution in [2.45, 2.75) is 38.9 Å². The number of thioether (sulfide) groups is 1. The fourth-order valence-electron chi connectivity index (χ4n) is 1.93. The van der Waals surface area contributed by atoms with E-state index in [1.807, 2.05) is 20.8 Å². The second kappa shape index (κ2) is 6.07. The molecule has 19 heavy (non-hydrogen) atoms. The summed E-state index contributed by atoms with van der Waals surface area (Å²) >= 11 is 3.12. The lowest BCUT2D eigenvalue weighted by atomic mass is 10.2. The van der Waals surface area contributed by atoms with Crippen LogP contribution in [0.5, 0.6) is 0 Å². The Hall–Kier alpha value is -0.850. The van der Waals surface area contributed by atoms with Gasteiger partial charge in [-0.1, -0.05) is 11.8 Å². The van der Waals surface area contributed by atoms with Gasteiger partial charge in [-0.25, -0.2) is 4.98 Å². The summed E-state index contributed by atoms with van der Waals surface area (Å²) in [4.78, 5) is 19.1. The summed E-state index contributed by atoms with van der Waals surface area (Å²) in [6.45, 7) is 6.76. The summed E-state index contributed by atoms with van der Waals surface area (Å²) in [5.41, 5.74) is 1.10. The van der Waals surface area contributed by atoms with Crippen molar-refractivity contribution in [1.29, 1.82) is 0 Å². The van der Waals surface area contributed by atoms with Crippen LogP contribution in [0.15, 0.2) is 9.95 Å². The van der Waals surface area contributed by atoms with Gasteiger partial charge in [0.05, 0.1) is 5.39 Å². The van der Waals surface area contributed by atoms with E-state index >= 15 is 0 Å². The van der Waals surface area contributed by atoms with Crippen LogP contribution in [0.2, 0.25) is 0 Å². The lowest BCUT2D eigenvalue weighted by Gasteiger charge is -2.09. The van der Waals surface area contributed by atoms with Crippen LogP contribution in [0, 0.1) is 13.8 Å². The highest BCUT2D eigenvalue weighted by atomic mass is 32.2. The van der Waals surface area contributed by atoms with Crippen LogP contribution in [0.3, 0.4) is 0 Å². The minimum absolute atomic E-state index is 0.0563. The van der Waals surface area contributed by atoms with Crippen molar-refractivity contribution in [3.63, 3.8) is 0 Å². The van der Waals surface area contributed by atoms with E-state index in [-0.39, 0.29) is 12.2 Å². The molecular weight excluding hydrogens is 280 g/mol. The van der Waals surface area contributed by atoms with Crippen LogP contribution >= 0.6 is 23.1 Å². The number of thiophene rings is 1. The molecule has 0 aliphatic rings. The van der Waals surface area contributed by atoms with Gasteiger partial charge in [0.2, 0.25) is 0 Å². The largest absolute Gasteiger partial charge is 0.396 e. The predicted octanol–water partition coefficient (Wildman–Crippen LogP) is 2.57. The Balaban J connectivity index is 2.55. The van der Waals surface area contributed by atoms with Gasteiger partial charge in [-0.3, -0.25) is 9.36 Å². The average Bonchev–Trinajstić information content (AvgIpc) is 2.66. The van der Waals surface area contributed by atoms with Gasteiger partial charge < -0.3 is 5.11 Å². The molecule has 0 amide bonds. The van der Waals surface area contributed by atoms with E-state index in [4.69, 9.17) is 5.11 Å². The second-order valence-electron chi connectivity index (χ2n) is 4.33. The standard InChI is InChI=1S/C13H18N2O2S2/c1-4-15-12(17)10-8(2)9(3)19-11(10)14-13(15)18-7-5-6-16/h16H,4-7H2,1-3H3. The summed E-state index contributed by atoms with van der Waals surface area (Å²) < 4.78 is 1.73. The number of nitrogens with zero attached hydrogens (tertiary/aromatic N) is 2. The van der Waals surface area contributed by atoms with Gasteiger partial charge in [-0.15, -0.1) is 11.3 Å². The maximum Gasteiger partial charge on any atom is 0.263 e. The fourth-order valence-corrected chi connectivity index (χ4v) is 3.98. The third-order valence-corrected chi connectivity index (χ3v) is 5.27. The minimum Gasteiger partial charge on any atom is -0.396 e. The number of rotatable bonds is 5. The molecule has 2 rings (SSSR count). The van der Waals surface area contributed by atoms with Crippen LogP contribution in [-0.4, -0.2) is 27.0 Å². The van der Waals surface area contributed by atoms with E-state index < -0.39 is 0 Å². The Morgan fingerprint density at radius 1 is 1.42 bits per heavy atom. The van der Waals surface area contributed by atoms with Crippen molar-refractivity contribution in [2.24, 2.45) is 0 Å². The maximum atomic E-state index is 12.5. The van der Waals surface area contributed by atoms with Crippen LogP contribution in [0.4, 0.5) is 0 Å². The first-order valence-corrected chi connectivity index (χ1v) is 8.14. The molecule has 0 radical (unpaired) electrons.